The fraction of sp³-hybridized carbons (Fsp3) is 0.273. The van der Waals surface area contributed by atoms with Crippen molar-refractivity contribution in [2.24, 2.45) is 0 Å². The zero-order valence-corrected chi connectivity index (χ0v) is 17.0. The predicted molar refractivity (Wildman–Crippen MR) is 117 cm³/mol. The molecule has 3 rings (SSSR count). The lowest BCUT2D eigenvalue weighted by atomic mass is 10.3. The summed E-state index contributed by atoms with van der Waals surface area (Å²) in [6, 6.07) is 15.4. The van der Waals surface area contributed by atoms with Gasteiger partial charge in [-0.2, -0.15) is 0 Å². The Labute approximate surface area is 169 Å². The van der Waals surface area contributed by atoms with Gasteiger partial charge >= 0.3 is 0 Å². The summed E-state index contributed by atoms with van der Waals surface area (Å²) in [7, 11) is 0. The van der Waals surface area contributed by atoms with Crippen LogP contribution < -0.4 is 10.1 Å². The number of carbonyl (C=O) groups is 1. The highest BCUT2D eigenvalue weighted by Gasteiger charge is 2.07. The molecule has 1 amide bonds. The molecule has 0 aliphatic rings. The average Bonchev–Trinajstić information content (AvgIpc) is 3.14. The second-order valence-corrected chi connectivity index (χ2v) is 7.28. The van der Waals surface area contributed by atoms with Crippen molar-refractivity contribution in [3.8, 4) is 5.75 Å². The van der Waals surface area contributed by atoms with Crippen LogP contribution in [-0.2, 0) is 4.79 Å². The number of amides is 1. The Morgan fingerprint density at radius 3 is 2.68 bits per heavy atom. The molecule has 0 aliphatic carbocycles. The van der Waals surface area contributed by atoms with Gasteiger partial charge in [-0.05, 0) is 43.4 Å². The first-order valence-electron chi connectivity index (χ1n) is 9.48. The molecule has 1 heterocycles. The van der Waals surface area contributed by atoms with Crippen LogP contribution in [0, 0.1) is 0 Å². The molecule has 1 N–H and O–H groups in total. The maximum Gasteiger partial charge on any atom is 0.248 e. The van der Waals surface area contributed by atoms with Crippen molar-refractivity contribution >= 4 is 39.2 Å². The Kier molecular flexibility index (Phi) is 7.17. The van der Waals surface area contributed by atoms with Crippen molar-refractivity contribution in [2.45, 2.75) is 13.8 Å². The van der Waals surface area contributed by atoms with E-state index in [4.69, 9.17) is 4.74 Å². The second kappa shape index (κ2) is 10.0. The lowest BCUT2D eigenvalue weighted by molar-refractivity contribution is -0.111. The molecule has 5 nitrogen and oxygen atoms in total. The first-order valence-corrected chi connectivity index (χ1v) is 10.3. The number of fused-ring (bicyclic) bond motifs is 1. The minimum absolute atomic E-state index is 0.209. The standard InChI is InChI=1S/C22H25N3O2S/c1-3-25(4-2)15-16-27-19-11-7-5-9-17(19)23-21(26)13-14-22-24-18-10-6-8-12-20(18)28-22/h5-14H,3-4,15-16H2,1-2H3,(H,23,26)/b14-13+. The van der Waals surface area contributed by atoms with Crippen LogP contribution in [0.25, 0.3) is 16.3 Å². The summed E-state index contributed by atoms with van der Waals surface area (Å²) in [6.45, 7) is 7.69. The number of nitrogens with one attached hydrogen (secondary N) is 1. The molecular formula is C22H25N3O2S. The van der Waals surface area contributed by atoms with E-state index in [9.17, 15) is 4.79 Å². The van der Waals surface area contributed by atoms with E-state index in [-0.39, 0.29) is 5.91 Å². The quantitative estimate of drug-likeness (QED) is 0.535. The number of benzene rings is 2. The van der Waals surface area contributed by atoms with Gasteiger partial charge in [0.2, 0.25) is 5.91 Å². The Morgan fingerprint density at radius 1 is 1.14 bits per heavy atom. The van der Waals surface area contributed by atoms with Gasteiger partial charge in [0, 0.05) is 12.6 Å². The van der Waals surface area contributed by atoms with Crippen LogP contribution in [-0.4, -0.2) is 42.0 Å². The molecule has 0 saturated heterocycles. The summed E-state index contributed by atoms with van der Waals surface area (Å²) in [6.07, 6.45) is 3.24. The first-order chi connectivity index (χ1) is 13.7. The third-order valence-corrected chi connectivity index (χ3v) is 5.39. The van der Waals surface area contributed by atoms with E-state index >= 15 is 0 Å². The van der Waals surface area contributed by atoms with E-state index in [1.54, 1.807) is 17.4 Å². The molecule has 2 aromatic carbocycles. The van der Waals surface area contributed by atoms with Gasteiger partial charge in [0.15, 0.2) is 0 Å². The van der Waals surface area contributed by atoms with Gasteiger partial charge in [0.25, 0.3) is 0 Å². The first kappa shape index (κ1) is 20.0. The molecule has 0 unspecified atom stereocenters. The van der Waals surface area contributed by atoms with Crippen LogP contribution in [0.3, 0.4) is 0 Å². The van der Waals surface area contributed by atoms with E-state index < -0.39 is 0 Å². The molecule has 1 aromatic heterocycles. The molecule has 0 spiro atoms. The second-order valence-electron chi connectivity index (χ2n) is 6.21. The maximum absolute atomic E-state index is 12.3. The van der Waals surface area contributed by atoms with Crippen LogP contribution >= 0.6 is 11.3 Å². The fourth-order valence-corrected chi connectivity index (χ4v) is 3.67. The van der Waals surface area contributed by atoms with Crippen LogP contribution in [0.4, 0.5) is 5.69 Å². The third-order valence-electron chi connectivity index (χ3n) is 4.39. The Bertz CT molecular complexity index is 915. The van der Waals surface area contributed by atoms with Gasteiger partial charge < -0.3 is 15.0 Å². The maximum atomic E-state index is 12.3. The number of hydrogen-bond donors (Lipinski definition) is 1. The average molecular weight is 396 g/mol. The zero-order valence-electron chi connectivity index (χ0n) is 16.2. The zero-order chi connectivity index (χ0) is 19.8. The molecular weight excluding hydrogens is 370 g/mol. The fourth-order valence-electron chi connectivity index (χ4n) is 2.80. The number of anilines is 1. The van der Waals surface area contributed by atoms with Crippen LogP contribution in [0.15, 0.2) is 54.6 Å². The molecule has 0 bridgehead atoms. The van der Waals surface area contributed by atoms with Crippen molar-refractivity contribution in [1.82, 2.24) is 9.88 Å². The number of hydrogen-bond acceptors (Lipinski definition) is 5. The van der Waals surface area contributed by atoms with Gasteiger partial charge in [-0.1, -0.05) is 38.1 Å². The van der Waals surface area contributed by atoms with Crippen molar-refractivity contribution < 1.29 is 9.53 Å². The number of para-hydroxylation sites is 3. The number of rotatable bonds is 9. The van der Waals surface area contributed by atoms with Gasteiger partial charge in [-0.15, -0.1) is 11.3 Å². The van der Waals surface area contributed by atoms with Gasteiger partial charge in [0.05, 0.1) is 15.9 Å². The number of thiazole rings is 1. The Morgan fingerprint density at radius 2 is 1.89 bits per heavy atom. The molecule has 6 heteroatoms. The molecule has 0 radical (unpaired) electrons. The highest BCUT2D eigenvalue weighted by Crippen LogP contribution is 2.24. The summed E-state index contributed by atoms with van der Waals surface area (Å²) in [5.41, 5.74) is 1.61. The van der Waals surface area contributed by atoms with E-state index in [1.807, 2.05) is 48.5 Å². The lowest BCUT2D eigenvalue weighted by Gasteiger charge is -2.19. The minimum Gasteiger partial charge on any atom is -0.490 e. The number of carbonyl (C=O) groups excluding carboxylic acids is 1. The largest absolute Gasteiger partial charge is 0.490 e. The lowest BCUT2D eigenvalue weighted by Crippen LogP contribution is -2.28. The summed E-state index contributed by atoms with van der Waals surface area (Å²) in [5, 5.41) is 3.70. The minimum atomic E-state index is -0.209. The van der Waals surface area contributed by atoms with Crippen LogP contribution in [0.1, 0.15) is 18.9 Å². The molecule has 146 valence electrons. The van der Waals surface area contributed by atoms with E-state index in [0.717, 1.165) is 34.9 Å². The molecule has 0 saturated carbocycles. The summed E-state index contributed by atoms with van der Waals surface area (Å²) < 4.78 is 6.99. The predicted octanol–water partition coefficient (Wildman–Crippen LogP) is 4.67. The van der Waals surface area contributed by atoms with Crippen LogP contribution in [0.2, 0.25) is 0 Å². The highest BCUT2D eigenvalue weighted by atomic mass is 32.1. The van der Waals surface area contributed by atoms with Crippen molar-refractivity contribution in [2.75, 3.05) is 31.6 Å². The van der Waals surface area contributed by atoms with E-state index in [0.29, 0.717) is 18.0 Å². The topological polar surface area (TPSA) is 54.5 Å². The third kappa shape index (κ3) is 5.41. The Hall–Kier alpha value is -2.70. The van der Waals surface area contributed by atoms with Gasteiger partial charge in [-0.3, -0.25) is 4.79 Å². The number of aromatic nitrogens is 1. The monoisotopic (exact) mass is 395 g/mol. The summed E-state index contributed by atoms with van der Waals surface area (Å²) in [4.78, 5) is 19.1. The summed E-state index contributed by atoms with van der Waals surface area (Å²) >= 11 is 1.56. The van der Waals surface area contributed by atoms with E-state index in [2.05, 4.69) is 29.0 Å². The summed E-state index contributed by atoms with van der Waals surface area (Å²) in [5.74, 6) is 0.468. The number of likely N-dealkylation sites (N-methyl/N-ethyl adjacent to an activating group) is 1. The Balaban J connectivity index is 1.60. The van der Waals surface area contributed by atoms with Crippen molar-refractivity contribution in [1.29, 1.82) is 0 Å². The molecule has 3 aromatic rings. The molecule has 0 atom stereocenters. The molecule has 0 fully saturated rings. The number of nitrogens with zero attached hydrogens (tertiary/aromatic N) is 2. The molecule has 28 heavy (non-hydrogen) atoms. The number of ether oxygens (including phenoxy) is 1. The smallest absolute Gasteiger partial charge is 0.248 e. The van der Waals surface area contributed by atoms with Crippen molar-refractivity contribution in [3.05, 3.63) is 59.6 Å². The van der Waals surface area contributed by atoms with E-state index in [1.165, 1.54) is 6.08 Å². The highest BCUT2D eigenvalue weighted by molar-refractivity contribution is 7.19. The van der Waals surface area contributed by atoms with Crippen LogP contribution in [0.5, 0.6) is 5.75 Å². The van der Waals surface area contributed by atoms with Gasteiger partial charge in [0.1, 0.15) is 17.4 Å². The van der Waals surface area contributed by atoms with Crippen molar-refractivity contribution in [3.63, 3.8) is 0 Å². The normalized spacial score (nSPS) is 11.4. The molecule has 0 aliphatic heterocycles. The van der Waals surface area contributed by atoms with Gasteiger partial charge in [-0.25, -0.2) is 4.98 Å². The SMILES string of the molecule is CCN(CC)CCOc1ccccc1NC(=O)/C=C/c1nc2ccccc2s1.